The number of rotatable bonds is 6. The van der Waals surface area contributed by atoms with E-state index in [-0.39, 0.29) is 12.0 Å². The predicted molar refractivity (Wildman–Crippen MR) is 121 cm³/mol. The Labute approximate surface area is 184 Å². The molecule has 31 heavy (non-hydrogen) atoms. The zero-order valence-electron chi connectivity index (χ0n) is 18.3. The van der Waals surface area contributed by atoms with Crippen LogP contribution in [0.5, 0.6) is 0 Å². The van der Waals surface area contributed by atoms with Gasteiger partial charge in [-0.2, -0.15) is 5.10 Å². The van der Waals surface area contributed by atoms with E-state index in [2.05, 4.69) is 44.7 Å². The summed E-state index contributed by atoms with van der Waals surface area (Å²) in [7, 11) is 0. The number of carbonyl (C=O) groups excluding carboxylic acids is 1. The molecule has 2 fully saturated rings. The van der Waals surface area contributed by atoms with Crippen molar-refractivity contribution >= 4 is 11.9 Å². The fourth-order valence-electron chi connectivity index (χ4n) is 4.47. The number of likely N-dealkylation sites (tertiary alicyclic amines) is 1. The molecule has 1 aliphatic carbocycles. The van der Waals surface area contributed by atoms with Gasteiger partial charge in [-0.3, -0.25) is 4.79 Å². The van der Waals surface area contributed by atoms with Gasteiger partial charge in [-0.1, -0.05) is 31.4 Å². The van der Waals surface area contributed by atoms with Crippen LogP contribution in [-0.2, 0) is 11.3 Å². The summed E-state index contributed by atoms with van der Waals surface area (Å²) in [5.74, 6) is 1.41. The highest BCUT2D eigenvalue weighted by Gasteiger charge is 2.31. The summed E-state index contributed by atoms with van der Waals surface area (Å²) in [5.41, 5.74) is 2.10. The Bertz CT molecular complexity index is 857. The average molecular weight is 424 g/mol. The second kappa shape index (κ2) is 10.4. The van der Waals surface area contributed by atoms with E-state index in [1.165, 1.54) is 25.6 Å². The number of benzene rings is 1. The summed E-state index contributed by atoms with van der Waals surface area (Å²) in [6, 6.07) is 8.41. The van der Waals surface area contributed by atoms with Crippen molar-refractivity contribution in [3.63, 3.8) is 0 Å². The standard InChI is InChI=1S/C23H33N7O/c1-2-25-23(26-14-18-8-10-21(11-9-18)30-17-24-16-27-30)28-20-12-13-29(15-20)22(31)19-6-4-3-5-7-19/h8-11,16-17,19-20H,2-7,12-15H2,1H3,(H2,25,26,28). The van der Waals surface area contributed by atoms with Crippen LogP contribution in [0, 0.1) is 5.92 Å². The summed E-state index contributed by atoms with van der Waals surface area (Å²) < 4.78 is 1.74. The van der Waals surface area contributed by atoms with Crippen molar-refractivity contribution in [2.75, 3.05) is 19.6 Å². The zero-order chi connectivity index (χ0) is 21.5. The Kier molecular flexibility index (Phi) is 7.17. The van der Waals surface area contributed by atoms with Gasteiger partial charge in [-0.25, -0.2) is 14.7 Å². The van der Waals surface area contributed by atoms with E-state index in [0.29, 0.717) is 12.5 Å². The van der Waals surface area contributed by atoms with Gasteiger partial charge >= 0.3 is 0 Å². The summed E-state index contributed by atoms with van der Waals surface area (Å²) in [6.07, 6.45) is 9.98. The molecule has 166 valence electrons. The number of carbonyl (C=O) groups is 1. The molecule has 1 atom stereocenters. The highest BCUT2D eigenvalue weighted by Crippen LogP contribution is 2.26. The molecule has 0 radical (unpaired) electrons. The van der Waals surface area contributed by atoms with Crippen LogP contribution in [0.4, 0.5) is 0 Å². The number of aromatic nitrogens is 3. The molecule has 4 rings (SSSR count). The molecular formula is C23H33N7O. The molecular weight excluding hydrogens is 390 g/mol. The van der Waals surface area contributed by atoms with E-state index in [4.69, 9.17) is 4.99 Å². The zero-order valence-corrected chi connectivity index (χ0v) is 18.3. The normalized spacial score (nSPS) is 20.1. The molecule has 8 nitrogen and oxygen atoms in total. The molecule has 0 bridgehead atoms. The molecule has 1 aromatic carbocycles. The lowest BCUT2D eigenvalue weighted by molar-refractivity contribution is -0.135. The van der Waals surface area contributed by atoms with Crippen molar-refractivity contribution in [2.24, 2.45) is 10.9 Å². The quantitative estimate of drug-likeness (QED) is 0.551. The fourth-order valence-corrected chi connectivity index (χ4v) is 4.47. The molecule has 2 N–H and O–H groups in total. The van der Waals surface area contributed by atoms with Gasteiger partial charge in [-0.15, -0.1) is 0 Å². The number of amides is 1. The highest BCUT2D eigenvalue weighted by atomic mass is 16.2. The van der Waals surface area contributed by atoms with Crippen LogP contribution in [-0.4, -0.2) is 57.2 Å². The van der Waals surface area contributed by atoms with E-state index in [9.17, 15) is 4.79 Å². The number of nitrogens with one attached hydrogen (secondary N) is 2. The second-order valence-electron chi connectivity index (χ2n) is 8.45. The minimum absolute atomic E-state index is 0.245. The van der Waals surface area contributed by atoms with Crippen LogP contribution in [0.3, 0.4) is 0 Å². The first-order valence-electron chi connectivity index (χ1n) is 11.5. The first-order valence-corrected chi connectivity index (χ1v) is 11.5. The molecule has 1 amide bonds. The summed E-state index contributed by atoms with van der Waals surface area (Å²) in [5, 5.41) is 11.0. The lowest BCUT2D eigenvalue weighted by Crippen LogP contribution is -2.45. The van der Waals surface area contributed by atoms with Gasteiger partial charge in [0.2, 0.25) is 5.91 Å². The third kappa shape index (κ3) is 5.62. The predicted octanol–water partition coefficient (Wildman–Crippen LogP) is 2.50. The average Bonchev–Trinajstić information content (AvgIpc) is 3.51. The van der Waals surface area contributed by atoms with Gasteiger partial charge in [-0.05, 0) is 43.9 Å². The SMILES string of the molecule is CCNC(=NCc1ccc(-n2cncn2)cc1)NC1CCN(C(=O)C2CCCCC2)C1. The number of guanidine groups is 1. The van der Waals surface area contributed by atoms with Gasteiger partial charge < -0.3 is 15.5 Å². The van der Waals surface area contributed by atoms with E-state index in [1.54, 1.807) is 11.0 Å². The minimum Gasteiger partial charge on any atom is -0.357 e. The van der Waals surface area contributed by atoms with Crippen LogP contribution < -0.4 is 10.6 Å². The molecule has 1 saturated carbocycles. The van der Waals surface area contributed by atoms with Crippen LogP contribution in [0.25, 0.3) is 5.69 Å². The summed E-state index contributed by atoms with van der Waals surface area (Å²) >= 11 is 0. The van der Waals surface area contributed by atoms with Crippen molar-refractivity contribution in [2.45, 2.75) is 58.0 Å². The molecule has 2 heterocycles. The van der Waals surface area contributed by atoms with Crippen LogP contribution in [0.2, 0.25) is 0 Å². The number of hydrogen-bond donors (Lipinski definition) is 2. The minimum atomic E-state index is 0.245. The summed E-state index contributed by atoms with van der Waals surface area (Å²) in [6.45, 7) is 5.07. The lowest BCUT2D eigenvalue weighted by atomic mass is 9.88. The van der Waals surface area contributed by atoms with Gasteiger partial charge in [0.1, 0.15) is 12.7 Å². The molecule has 1 saturated heterocycles. The Balaban J connectivity index is 1.31. The Morgan fingerprint density at radius 1 is 1.16 bits per heavy atom. The van der Waals surface area contributed by atoms with E-state index in [0.717, 1.165) is 56.1 Å². The molecule has 8 heteroatoms. The molecule has 1 aliphatic heterocycles. The van der Waals surface area contributed by atoms with Crippen molar-refractivity contribution in [3.8, 4) is 5.69 Å². The van der Waals surface area contributed by atoms with Gasteiger partial charge in [0, 0.05) is 31.6 Å². The maximum absolute atomic E-state index is 12.8. The van der Waals surface area contributed by atoms with E-state index >= 15 is 0 Å². The third-order valence-corrected chi connectivity index (χ3v) is 6.18. The molecule has 2 aromatic rings. The maximum atomic E-state index is 12.8. The van der Waals surface area contributed by atoms with Gasteiger partial charge in [0.25, 0.3) is 0 Å². The van der Waals surface area contributed by atoms with Crippen molar-refractivity contribution in [3.05, 3.63) is 42.5 Å². The Morgan fingerprint density at radius 3 is 2.68 bits per heavy atom. The fraction of sp³-hybridized carbons (Fsp3) is 0.565. The first kappa shape index (κ1) is 21.3. The Hall–Kier alpha value is -2.90. The summed E-state index contributed by atoms with van der Waals surface area (Å²) in [4.78, 5) is 23.6. The lowest BCUT2D eigenvalue weighted by Gasteiger charge is -2.26. The van der Waals surface area contributed by atoms with Crippen LogP contribution >= 0.6 is 0 Å². The number of nitrogens with zero attached hydrogens (tertiary/aromatic N) is 5. The van der Waals surface area contributed by atoms with Gasteiger partial charge in [0.15, 0.2) is 5.96 Å². The topological polar surface area (TPSA) is 87.4 Å². The molecule has 0 spiro atoms. The van der Waals surface area contributed by atoms with Crippen molar-refractivity contribution in [1.82, 2.24) is 30.3 Å². The monoisotopic (exact) mass is 423 g/mol. The molecule has 1 unspecified atom stereocenters. The van der Waals surface area contributed by atoms with E-state index < -0.39 is 0 Å². The van der Waals surface area contributed by atoms with E-state index in [1.807, 2.05) is 12.1 Å². The molecule has 1 aromatic heterocycles. The first-order chi connectivity index (χ1) is 15.2. The highest BCUT2D eigenvalue weighted by molar-refractivity contribution is 5.81. The van der Waals surface area contributed by atoms with Crippen molar-refractivity contribution < 1.29 is 4.79 Å². The number of hydrogen-bond acceptors (Lipinski definition) is 4. The van der Waals surface area contributed by atoms with Gasteiger partial charge in [0.05, 0.1) is 12.2 Å². The van der Waals surface area contributed by atoms with Crippen molar-refractivity contribution in [1.29, 1.82) is 0 Å². The maximum Gasteiger partial charge on any atom is 0.225 e. The van der Waals surface area contributed by atoms with Crippen LogP contribution in [0.1, 0.15) is 51.0 Å². The van der Waals surface area contributed by atoms with Crippen LogP contribution in [0.15, 0.2) is 41.9 Å². The largest absolute Gasteiger partial charge is 0.357 e. The molecule has 2 aliphatic rings. The smallest absolute Gasteiger partial charge is 0.225 e. The third-order valence-electron chi connectivity index (χ3n) is 6.18. The second-order valence-corrected chi connectivity index (χ2v) is 8.45. The number of aliphatic imine (C=N–C) groups is 1. The Morgan fingerprint density at radius 2 is 1.97 bits per heavy atom.